The third kappa shape index (κ3) is 2.35. The van der Waals surface area contributed by atoms with Gasteiger partial charge < -0.3 is 5.73 Å². The molecule has 2 aromatic carbocycles. The van der Waals surface area contributed by atoms with Crippen LogP contribution in [-0.2, 0) is 5.54 Å². The number of halogens is 2. The molecule has 2 aromatic rings. The van der Waals surface area contributed by atoms with Gasteiger partial charge in [0.2, 0.25) is 5.92 Å². The molecule has 0 heterocycles. The van der Waals surface area contributed by atoms with E-state index in [0.29, 0.717) is 12.8 Å². The van der Waals surface area contributed by atoms with Crippen molar-refractivity contribution in [2.45, 2.75) is 37.1 Å². The summed E-state index contributed by atoms with van der Waals surface area (Å²) < 4.78 is 26.5. The number of hydrogen-bond acceptors (Lipinski definition) is 1. The molecule has 3 heteroatoms. The van der Waals surface area contributed by atoms with Crippen molar-refractivity contribution < 1.29 is 8.78 Å². The lowest BCUT2D eigenvalue weighted by atomic mass is 9.75. The molecule has 0 atom stereocenters. The molecule has 1 nitrogen and oxygen atoms in total. The van der Waals surface area contributed by atoms with Crippen molar-refractivity contribution in [3.63, 3.8) is 0 Å². The smallest absolute Gasteiger partial charge is 0.248 e. The minimum Gasteiger partial charge on any atom is -0.321 e. The van der Waals surface area contributed by atoms with E-state index in [1.165, 1.54) is 0 Å². The average molecular weight is 261 g/mol. The third-order valence-electron chi connectivity index (χ3n) is 4.20. The van der Waals surface area contributed by atoms with Crippen LogP contribution in [0.2, 0.25) is 0 Å². The van der Waals surface area contributed by atoms with Crippen molar-refractivity contribution in [3.8, 4) is 0 Å². The Morgan fingerprint density at radius 1 is 0.842 bits per heavy atom. The minimum absolute atomic E-state index is 0.115. The number of benzene rings is 2. The van der Waals surface area contributed by atoms with Gasteiger partial charge >= 0.3 is 0 Å². The summed E-state index contributed by atoms with van der Waals surface area (Å²) in [5.41, 5.74) is 6.73. The van der Waals surface area contributed by atoms with E-state index in [1.807, 2.05) is 42.5 Å². The van der Waals surface area contributed by atoms with E-state index < -0.39 is 11.5 Å². The highest BCUT2D eigenvalue weighted by Gasteiger charge is 2.42. The van der Waals surface area contributed by atoms with Gasteiger partial charge in [0.05, 0.1) is 0 Å². The first-order valence-electron chi connectivity index (χ1n) is 6.65. The van der Waals surface area contributed by atoms with Crippen LogP contribution in [-0.4, -0.2) is 5.92 Å². The van der Waals surface area contributed by atoms with Crippen LogP contribution in [0.3, 0.4) is 0 Å². The van der Waals surface area contributed by atoms with Crippen LogP contribution in [0.25, 0.3) is 10.8 Å². The zero-order valence-electron chi connectivity index (χ0n) is 10.7. The Morgan fingerprint density at radius 2 is 1.47 bits per heavy atom. The molecule has 19 heavy (non-hydrogen) atoms. The molecule has 0 bridgehead atoms. The molecule has 0 saturated heterocycles. The van der Waals surface area contributed by atoms with E-state index >= 15 is 0 Å². The Labute approximate surface area is 111 Å². The van der Waals surface area contributed by atoms with Crippen LogP contribution < -0.4 is 5.73 Å². The molecule has 0 unspecified atom stereocenters. The van der Waals surface area contributed by atoms with Crippen LogP contribution in [0.15, 0.2) is 42.5 Å². The average Bonchev–Trinajstić information content (AvgIpc) is 2.42. The summed E-state index contributed by atoms with van der Waals surface area (Å²) in [5.74, 6) is -2.54. The van der Waals surface area contributed by atoms with Gasteiger partial charge in [-0.25, -0.2) is 8.78 Å². The van der Waals surface area contributed by atoms with Crippen LogP contribution in [0.1, 0.15) is 31.2 Å². The van der Waals surface area contributed by atoms with E-state index in [4.69, 9.17) is 5.73 Å². The summed E-state index contributed by atoms with van der Waals surface area (Å²) in [6.45, 7) is 0. The summed E-state index contributed by atoms with van der Waals surface area (Å²) in [6, 6.07) is 14.1. The highest BCUT2D eigenvalue weighted by Crippen LogP contribution is 2.42. The molecule has 0 radical (unpaired) electrons. The van der Waals surface area contributed by atoms with Crippen molar-refractivity contribution >= 4 is 10.8 Å². The molecule has 1 aliphatic rings. The maximum atomic E-state index is 13.3. The maximum absolute atomic E-state index is 13.3. The van der Waals surface area contributed by atoms with Crippen LogP contribution in [0.4, 0.5) is 8.78 Å². The molecule has 0 aromatic heterocycles. The second kappa shape index (κ2) is 4.27. The summed E-state index contributed by atoms with van der Waals surface area (Å²) >= 11 is 0. The van der Waals surface area contributed by atoms with Crippen molar-refractivity contribution in [2.24, 2.45) is 5.73 Å². The molecule has 1 aliphatic carbocycles. The Kier molecular flexibility index (Phi) is 2.82. The Hall–Kier alpha value is -1.48. The van der Waals surface area contributed by atoms with Gasteiger partial charge in [0.1, 0.15) is 0 Å². The number of hydrogen-bond donors (Lipinski definition) is 1. The summed E-state index contributed by atoms with van der Waals surface area (Å²) in [7, 11) is 0. The first-order valence-corrected chi connectivity index (χ1v) is 6.65. The number of nitrogens with two attached hydrogens (primary N) is 1. The number of rotatable bonds is 1. The molecular weight excluding hydrogens is 244 g/mol. The fourth-order valence-electron chi connectivity index (χ4n) is 2.85. The molecule has 0 spiro atoms. The highest BCUT2D eigenvalue weighted by atomic mass is 19.3. The van der Waals surface area contributed by atoms with Crippen LogP contribution in [0.5, 0.6) is 0 Å². The number of fused-ring (bicyclic) bond motifs is 1. The predicted octanol–water partition coefficient (Wildman–Crippen LogP) is 4.20. The van der Waals surface area contributed by atoms with Crippen LogP contribution in [0, 0.1) is 0 Å². The van der Waals surface area contributed by atoms with Gasteiger partial charge in [0.15, 0.2) is 0 Å². The standard InChI is InChI=1S/C16H17F2N/c17-16(18)9-7-15(19,8-10-16)14-6-5-12-3-1-2-4-13(12)11-14/h1-6,11H,7-10,19H2. The lowest BCUT2D eigenvalue weighted by Crippen LogP contribution is -2.43. The van der Waals surface area contributed by atoms with Crippen molar-refractivity contribution in [2.75, 3.05) is 0 Å². The zero-order chi connectivity index (χ0) is 13.5. The molecule has 3 rings (SSSR count). The first-order chi connectivity index (χ1) is 8.99. The van der Waals surface area contributed by atoms with Gasteiger partial charge in [0, 0.05) is 18.4 Å². The Morgan fingerprint density at radius 3 is 2.16 bits per heavy atom. The molecule has 0 aliphatic heterocycles. The second-order valence-electron chi connectivity index (χ2n) is 5.57. The largest absolute Gasteiger partial charge is 0.321 e. The lowest BCUT2D eigenvalue weighted by Gasteiger charge is -2.37. The SMILES string of the molecule is NC1(c2ccc3ccccc3c2)CCC(F)(F)CC1. The van der Waals surface area contributed by atoms with Crippen molar-refractivity contribution in [1.82, 2.24) is 0 Å². The molecule has 1 saturated carbocycles. The number of alkyl halides is 2. The molecule has 100 valence electrons. The van der Waals surface area contributed by atoms with Gasteiger partial charge in [-0.15, -0.1) is 0 Å². The minimum atomic E-state index is -2.54. The monoisotopic (exact) mass is 261 g/mol. The van der Waals surface area contributed by atoms with Gasteiger partial charge in [0.25, 0.3) is 0 Å². The van der Waals surface area contributed by atoms with Gasteiger partial charge in [-0.3, -0.25) is 0 Å². The van der Waals surface area contributed by atoms with Gasteiger partial charge in [-0.05, 0) is 35.2 Å². The molecule has 2 N–H and O–H groups in total. The van der Waals surface area contributed by atoms with E-state index in [-0.39, 0.29) is 12.8 Å². The molecule has 0 amide bonds. The summed E-state index contributed by atoms with van der Waals surface area (Å²) in [5, 5.41) is 2.26. The predicted molar refractivity (Wildman–Crippen MR) is 73.2 cm³/mol. The van der Waals surface area contributed by atoms with Gasteiger partial charge in [-0.1, -0.05) is 36.4 Å². The summed E-state index contributed by atoms with van der Waals surface area (Å²) in [4.78, 5) is 0. The van der Waals surface area contributed by atoms with E-state index in [9.17, 15) is 8.78 Å². The maximum Gasteiger partial charge on any atom is 0.248 e. The van der Waals surface area contributed by atoms with E-state index in [1.54, 1.807) is 0 Å². The normalized spacial score (nSPS) is 21.4. The van der Waals surface area contributed by atoms with Crippen molar-refractivity contribution in [3.05, 3.63) is 48.0 Å². The Bertz CT molecular complexity index is 596. The van der Waals surface area contributed by atoms with Crippen molar-refractivity contribution in [1.29, 1.82) is 0 Å². The van der Waals surface area contributed by atoms with Crippen LogP contribution >= 0.6 is 0 Å². The molecule has 1 fully saturated rings. The zero-order valence-corrected chi connectivity index (χ0v) is 10.7. The Balaban J connectivity index is 1.95. The van der Waals surface area contributed by atoms with E-state index in [2.05, 4.69) is 0 Å². The third-order valence-corrected chi connectivity index (χ3v) is 4.20. The second-order valence-corrected chi connectivity index (χ2v) is 5.57. The van der Waals surface area contributed by atoms with Gasteiger partial charge in [-0.2, -0.15) is 0 Å². The molecular formula is C16H17F2N. The van der Waals surface area contributed by atoms with E-state index in [0.717, 1.165) is 16.3 Å². The fraction of sp³-hybridized carbons (Fsp3) is 0.375. The highest BCUT2D eigenvalue weighted by molar-refractivity contribution is 5.83. The lowest BCUT2D eigenvalue weighted by molar-refractivity contribution is -0.0513. The fourth-order valence-corrected chi connectivity index (χ4v) is 2.85. The first kappa shape index (κ1) is 12.5. The summed E-state index contributed by atoms with van der Waals surface area (Å²) in [6.07, 6.45) is 0.462. The topological polar surface area (TPSA) is 26.0 Å². The quantitative estimate of drug-likeness (QED) is 0.818.